The zero-order valence-corrected chi connectivity index (χ0v) is 47.3. The van der Waals surface area contributed by atoms with Crippen molar-refractivity contribution in [1.82, 2.24) is 0 Å². The Morgan fingerprint density at radius 3 is 1.18 bits per heavy atom. The highest BCUT2D eigenvalue weighted by Gasteiger charge is 2.22. The second kappa shape index (κ2) is 54.0. The molecule has 9 nitrogen and oxygen atoms in total. The maximum absolute atomic E-state index is 12.9. The first-order chi connectivity index (χ1) is 35.1. The van der Waals surface area contributed by atoms with Crippen LogP contribution in [0, 0.1) is 0 Å². The van der Waals surface area contributed by atoms with Gasteiger partial charge in [0, 0.05) is 12.8 Å². The number of quaternary nitrogens is 1. The molecule has 0 aromatic carbocycles. The first kappa shape index (κ1) is 68.7. The fourth-order valence-corrected chi connectivity index (χ4v) is 8.13. The van der Waals surface area contributed by atoms with Crippen molar-refractivity contribution in [1.29, 1.82) is 0 Å². The third-order valence-electron chi connectivity index (χ3n) is 12.7. The predicted molar refractivity (Wildman–Crippen MR) is 301 cm³/mol. The van der Waals surface area contributed by atoms with Crippen molar-refractivity contribution in [3.05, 3.63) is 72.9 Å². The van der Waals surface area contributed by atoms with Crippen LogP contribution in [-0.4, -0.2) is 82.3 Å². The van der Waals surface area contributed by atoms with Crippen LogP contribution in [-0.2, 0) is 33.3 Å². The number of hydrogen-bond donors (Lipinski definition) is 0. The van der Waals surface area contributed by atoms with Gasteiger partial charge in [0.1, 0.15) is 13.2 Å². The van der Waals surface area contributed by atoms with E-state index in [0.29, 0.717) is 17.4 Å². The van der Waals surface area contributed by atoms with E-state index in [0.717, 1.165) is 89.9 Å². The molecule has 416 valence electrons. The standard InChI is InChI=1S/C63H111NO8/c1-6-8-10-12-14-16-18-20-22-23-24-25-26-27-28-29-30-31-32-33-34-35-36-37-38-39-40-42-44-46-48-50-52-54-61(66)72-59(58-71-63(62(67)68)69-56-55-64(3,4)5)57-70-60(65)53-51-49-47-45-43-41-21-19-17-15-13-11-9-7-2/h8,10,13-16,19-22,24-25,59,63H,6-7,9,11-12,17-18,23,26-58H2,1-5H3/b10-8-,15-13-,16-14-,21-19-,22-20-,25-24-. The highest BCUT2D eigenvalue weighted by Crippen LogP contribution is 2.17. The Morgan fingerprint density at radius 1 is 0.431 bits per heavy atom. The fraction of sp³-hybridized carbons (Fsp3) is 0.762. The van der Waals surface area contributed by atoms with E-state index in [1.165, 1.54) is 128 Å². The molecule has 0 saturated heterocycles. The molecular weight excluding hydrogens is 899 g/mol. The van der Waals surface area contributed by atoms with E-state index in [9.17, 15) is 19.5 Å². The summed E-state index contributed by atoms with van der Waals surface area (Å²) in [7, 11) is 5.92. The number of unbranched alkanes of at least 4 members (excludes halogenated alkanes) is 27. The molecule has 0 saturated carbocycles. The molecule has 9 heteroatoms. The zero-order chi connectivity index (χ0) is 52.7. The van der Waals surface area contributed by atoms with E-state index in [1.54, 1.807) is 0 Å². The van der Waals surface area contributed by atoms with E-state index < -0.39 is 24.3 Å². The van der Waals surface area contributed by atoms with Gasteiger partial charge in [0.05, 0.1) is 40.3 Å². The molecule has 0 aromatic rings. The zero-order valence-electron chi connectivity index (χ0n) is 47.3. The topological polar surface area (TPSA) is 111 Å². The molecule has 0 fully saturated rings. The summed E-state index contributed by atoms with van der Waals surface area (Å²) in [5, 5.41) is 11.8. The SMILES string of the molecule is CC/C=C\C/C=C\C/C=C\C/C=C\CCCCCCCCCCCCCCCCCCCCCCC(=O)OC(COC(=O)CCCCCCC/C=C\C/C=C\CCCC)COC(OCC[N+](C)(C)C)C(=O)[O-]. The summed E-state index contributed by atoms with van der Waals surface area (Å²) in [6.07, 6.45) is 66.8. The number of allylic oxidation sites excluding steroid dienone is 12. The van der Waals surface area contributed by atoms with Gasteiger partial charge in [-0.2, -0.15) is 0 Å². The minimum Gasteiger partial charge on any atom is -0.545 e. The molecule has 2 unspecified atom stereocenters. The van der Waals surface area contributed by atoms with E-state index in [2.05, 4.69) is 86.8 Å². The van der Waals surface area contributed by atoms with Gasteiger partial charge in [0.25, 0.3) is 0 Å². The number of carboxylic acids is 1. The van der Waals surface area contributed by atoms with Crippen molar-refractivity contribution >= 4 is 17.9 Å². The van der Waals surface area contributed by atoms with Crippen LogP contribution in [0.15, 0.2) is 72.9 Å². The number of ether oxygens (including phenoxy) is 4. The van der Waals surface area contributed by atoms with Gasteiger partial charge in [-0.05, 0) is 77.0 Å². The summed E-state index contributed by atoms with van der Waals surface area (Å²) in [4.78, 5) is 37.2. The Bertz CT molecular complexity index is 1410. The van der Waals surface area contributed by atoms with Gasteiger partial charge < -0.3 is 33.3 Å². The highest BCUT2D eigenvalue weighted by molar-refractivity contribution is 5.70. The molecule has 0 aliphatic rings. The number of rotatable bonds is 54. The van der Waals surface area contributed by atoms with Gasteiger partial charge in [-0.1, -0.05) is 234 Å². The average Bonchev–Trinajstić information content (AvgIpc) is 3.35. The second-order valence-electron chi connectivity index (χ2n) is 20.9. The fourth-order valence-electron chi connectivity index (χ4n) is 8.13. The summed E-state index contributed by atoms with van der Waals surface area (Å²) in [6.45, 7) is 4.59. The summed E-state index contributed by atoms with van der Waals surface area (Å²) >= 11 is 0. The minimum absolute atomic E-state index is 0.144. The summed E-state index contributed by atoms with van der Waals surface area (Å²) in [5.74, 6) is -2.30. The van der Waals surface area contributed by atoms with Crippen LogP contribution in [0.25, 0.3) is 0 Å². The normalized spacial score (nSPS) is 13.3. The molecule has 0 bridgehead atoms. The van der Waals surface area contributed by atoms with Crippen LogP contribution in [0.4, 0.5) is 0 Å². The molecule has 0 rings (SSSR count). The van der Waals surface area contributed by atoms with Gasteiger partial charge in [-0.3, -0.25) is 9.59 Å². The first-order valence-electron chi connectivity index (χ1n) is 29.6. The Morgan fingerprint density at radius 2 is 0.792 bits per heavy atom. The molecule has 0 aliphatic heterocycles. The number of likely N-dealkylation sites (N-methyl/N-ethyl adjacent to an activating group) is 1. The molecule has 2 atom stereocenters. The maximum atomic E-state index is 12.9. The van der Waals surface area contributed by atoms with Crippen molar-refractivity contribution in [2.45, 2.75) is 264 Å². The molecule has 72 heavy (non-hydrogen) atoms. The lowest BCUT2D eigenvalue weighted by atomic mass is 10.0. The van der Waals surface area contributed by atoms with Crippen LogP contribution in [0.2, 0.25) is 0 Å². The lowest BCUT2D eigenvalue weighted by Crippen LogP contribution is -2.44. The van der Waals surface area contributed by atoms with Crippen molar-refractivity contribution in [3.63, 3.8) is 0 Å². The minimum atomic E-state index is -1.62. The van der Waals surface area contributed by atoms with Gasteiger partial charge >= 0.3 is 11.9 Å². The van der Waals surface area contributed by atoms with Crippen molar-refractivity contribution in [3.8, 4) is 0 Å². The molecule has 0 amide bonds. The Labute approximate surface area is 443 Å². The molecule has 0 spiro atoms. The van der Waals surface area contributed by atoms with E-state index in [4.69, 9.17) is 18.9 Å². The summed E-state index contributed by atoms with van der Waals surface area (Å²) < 4.78 is 22.7. The van der Waals surface area contributed by atoms with E-state index >= 15 is 0 Å². The molecule has 0 radical (unpaired) electrons. The average molecular weight is 1010 g/mol. The number of carbonyl (C=O) groups excluding carboxylic acids is 3. The third kappa shape index (κ3) is 54.5. The third-order valence-corrected chi connectivity index (χ3v) is 12.7. The van der Waals surface area contributed by atoms with Crippen LogP contribution in [0.1, 0.15) is 251 Å². The number of nitrogens with zero attached hydrogens (tertiary/aromatic N) is 1. The molecule has 0 N–H and O–H groups in total. The highest BCUT2D eigenvalue weighted by atomic mass is 16.7. The second-order valence-corrected chi connectivity index (χ2v) is 20.9. The van der Waals surface area contributed by atoms with Crippen molar-refractivity contribution in [2.75, 3.05) is 47.5 Å². The van der Waals surface area contributed by atoms with Gasteiger partial charge in [0.15, 0.2) is 12.4 Å². The maximum Gasteiger partial charge on any atom is 0.306 e. The first-order valence-corrected chi connectivity index (χ1v) is 29.6. The van der Waals surface area contributed by atoms with Crippen LogP contribution in [0.3, 0.4) is 0 Å². The van der Waals surface area contributed by atoms with Crippen molar-refractivity contribution < 1.29 is 42.9 Å². The lowest BCUT2D eigenvalue weighted by Gasteiger charge is -2.26. The molecular formula is C63H111NO8. The molecule has 0 aromatic heterocycles. The summed E-state index contributed by atoms with van der Waals surface area (Å²) in [6, 6.07) is 0. The van der Waals surface area contributed by atoms with Gasteiger partial charge in [-0.25, -0.2) is 0 Å². The predicted octanol–water partition coefficient (Wildman–Crippen LogP) is 16.1. The van der Waals surface area contributed by atoms with Crippen molar-refractivity contribution in [2.24, 2.45) is 0 Å². The van der Waals surface area contributed by atoms with E-state index in [1.807, 2.05) is 21.1 Å². The van der Waals surface area contributed by atoms with Crippen LogP contribution in [0.5, 0.6) is 0 Å². The van der Waals surface area contributed by atoms with Gasteiger partial charge in [-0.15, -0.1) is 0 Å². The molecule has 0 heterocycles. The lowest BCUT2D eigenvalue weighted by molar-refractivity contribution is -0.870. The Balaban J connectivity index is 4.09. The number of esters is 2. The number of carboxylic acid groups (broad SMARTS) is 1. The van der Waals surface area contributed by atoms with Crippen LogP contribution < -0.4 is 5.11 Å². The van der Waals surface area contributed by atoms with Crippen LogP contribution >= 0.6 is 0 Å². The monoisotopic (exact) mass is 1010 g/mol. The van der Waals surface area contributed by atoms with E-state index in [-0.39, 0.29) is 38.6 Å². The largest absolute Gasteiger partial charge is 0.545 e. The molecule has 0 aliphatic carbocycles. The summed E-state index contributed by atoms with van der Waals surface area (Å²) in [5.41, 5.74) is 0. The van der Waals surface area contributed by atoms with Gasteiger partial charge in [0.2, 0.25) is 0 Å². The number of carbonyl (C=O) groups is 3. The Kier molecular flexibility index (Phi) is 51.6. The number of aliphatic carboxylic acids is 1. The Hall–Kier alpha value is -3.27. The smallest absolute Gasteiger partial charge is 0.306 e. The number of hydrogen-bond acceptors (Lipinski definition) is 8. The quantitative estimate of drug-likeness (QED) is 0.0195.